The molecule has 0 bridgehead atoms. The summed E-state index contributed by atoms with van der Waals surface area (Å²) in [6.07, 6.45) is 0. The van der Waals surface area contributed by atoms with Gasteiger partial charge >= 0.3 is 0 Å². The molecule has 2 amide bonds. The van der Waals surface area contributed by atoms with Crippen LogP contribution in [0.5, 0.6) is 0 Å². The van der Waals surface area contributed by atoms with Crippen LogP contribution in [0.4, 0.5) is 15.8 Å². The summed E-state index contributed by atoms with van der Waals surface area (Å²) in [5.41, 5.74) is 1.24. The third-order valence-electron chi connectivity index (χ3n) is 4.64. The third kappa shape index (κ3) is 5.62. The second-order valence-electron chi connectivity index (χ2n) is 6.94. The number of amides is 2. The van der Waals surface area contributed by atoms with Gasteiger partial charge in [-0.3, -0.25) is 14.5 Å². The number of sulfonamides is 1. The summed E-state index contributed by atoms with van der Waals surface area (Å²) < 4.78 is 39.7. The van der Waals surface area contributed by atoms with Gasteiger partial charge in [-0.05, 0) is 48.5 Å². The van der Waals surface area contributed by atoms with Crippen molar-refractivity contribution in [1.29, 1.82) is 0 Å². The van der Waals surface area contributed by atoms with Crippen LogP contribution in [-0.2, 0) is 19.6 Å². The van der Waals surface area contributed by atoms with Gasteiger partial charge in [0.15, 0.2) is 0 Å². The molecule has 3 rings (SSSR count). The number of carbonyl (C=O) groups is 2. The molecule has 2 aromatic carbocycles. The second kappa shape index (κ2) is 9.33. The molecule has 0 radical (unpaired) electrons. The van der Waals surface area contributed by atoms with E-state index in [-0.39, 0.29) is 36.3 Å². The third-order valence-corrected chi connectivity index (χ3v) is 6.55. The van der Waals surface area contributed by atoms with Crippen LogP contribution in [0, 0.1) is 5.82 Å². The van der Waals surface area contributed by atoms with E-state index in [2.05, 4.69) is 10.6 Å². The number of hydrogen-bond donors (Lipinski definition) is 2. The maximum absolute atomic E-state index is 13.0. The molecule has 0 aliphatic carbocycles. The molecule has 10 heteroatoms. The Morgan fingerprint density at radius 1 is 0.900 bits per heavy atom. The minimum atomic E-state index is -3.68. The Balaban J connectivity index is 1.50. The van der Waals surface area contributed by atoms with Gasteiger partial charge in [-0.2, -0.15) is 4.31 Å². The maximum Gasteiger partial charge on any atom is 0.243 e. The molecule has 8 nitrogen and oxygen atoms in total. The summed E-state index contributed by atoms with van der Waals surface area (Å²) in [5.74, 6) is -0.876. The summed E-state index contributed by atoms with van der Waals surface area (Å²) in [4.78, 5) is 25.2. The largest absolute Gasteiger partial charge is 0.326 e. The van der Waals surface area contributed by atoms with E-state index in [1.165, 1.54) is 23.4 Å². The lowest BCUT2D eigenvalue weighted by Gasteiger charge is -2.33. The Morgan fingerprint density at radius 2 is 1.43 bits per heavy atom. The Bertz CT molecular complexity index is 1000. The average Bonchev–Trinajstić information content (AvgIpc) is 2.70. The molecule has 1 aliphatic rings. The van der Waals surface area contributed by atoms with Crippen LogP contribution >= 0.6 is 0 Å². The van der Waals surface area contributed by atoms with Crippen molar-refractivity contribution in [2.24, 2.45) is 0 Å². The minimum absolute atomic E-state index is 0.0535. The summed E-state index contributed by atoms with van der Waals surface area (Å²) in [5, 5.41) is 5.43. The quantitative estimate of drug-likeness (QED) is 0.722. The van der Waals surface area contributed by atoms with Crippen LogP contribution in [0.25, 0.3) is 0 Å². The van der Waals surface area contributed by atoms with Crippen molar-refractivity contribution in [3.05, 3.63) is 54.3 Å². The molecule has 1 fully saturated rings. The van der Waals surface area contributed by atoms with Crippen LogP contribution in [0.1, 0.15) is 6.92 Å². The molecule has 1 saturated heterocycles. The molecule has 160 valence electrons. The fourth-order valence-electron chi connectivity index (χ4n) is 3.13. The SMILES string of the molecule is CC(=O)Nc1ccc(NC(=O)CN2CCN(S(=O)(=O)c3ccc(F)cc3)CC2)cc1. The van der Waals surface area contributed by atoms with E-state index in [4.69, 9.17) is 0 Å². The summed E-state index contributed by atoms with van der Waals surface area (Å²) in [7, 11) is -3.68. The van der Waals surface area contributed by atoms with E-state index in [0.29, 0.717) is 24.5 Å². The van der Waals surface area contributed by atoms with Crippen molar-refractivity contribution >= 4 is 33.2 Å². The first-order valence-corrected chi connectivity index (χ1v) is 10.8. The summed E-state index contributed by atoms with van der Waals surface area (Å²) in [6.45, 7) is 2.87. The smallest absolute Gasteiger partial charge is 0.243 e. The molecule has 0 atom stereocenters. The molecular formula is C20H23FN4O4S. The topological polar surface area (TPSA) is 98.8 Å². The molecule has 0 unspecified atom stereocenters. The zero-order chi connectivity index (χ0) is 21.7. The first-order valence-electron chi connectivity index (χ1n) is 9.39. The zero-order valence-electron chi connectivity index (χ0n) is 16.5. The summed E-state index contributed by atoms with van der Waals surface area (Å²) >= 11 is 0. The normalized spacial score (nSPS) is 15.5. The fraction of sp³-hybridized carbons (Fsp3) is 0.300. The molecular weight excluding hydrogens is 411 g/mol. The lowest BCUT2D eigenvalue weighted by Crippen LogP contribution is -2.50. The molecule has 0 aromatic heterocycles. The predicted octanol–water partition coefficient (Wildman–Crippen LogP) is 1.73. The highest BCUT2D eigenvalue weighted by molar-refractivity contribution is 7.89. The fourth-order valence-corrected chi connectivity index (χ4v) is 4.55. The van der Waals surface area contributed by atoms with Crippen molar-refractivity contribution in [2.75, 3.05) is 43.4 Å². The number of nitrogens with one attached hydrogen (secondary N) is 2. The zero-order valence-corrected chi connectivity index (χ0v) is 17.3. The number of benzene rings is 2. The molecule has 0 saturated carbocycles. The van der Waals surface area contributed by atoms with E-state index >= 15 is 0 Å². The highest BCUT2D eigenvalue weighted by Gasteiger charge is 2.29. The molecule has 2 aromatic rings. The van der Waals surface area contributed by atoms with Crippen molar-refractivity contribution in [1.82, 2.24) is 9.21 Å². The van der Waals surface area contributed by atoms with E-state index in [1.807, 2.05) is 4.90 Å². The van der Waals surface area contributed by atoms with Gasteiger partial charge in [0.1, 0.15) is 5.82 Å². The van der Waals surface area contributed by atoms with Crippen LogP contribution in [0.15, 0.2) is 53.4 Å². The number of rotatable bonds is 6. The number of halogens is 1. The van der Waals surface area contributed by atoms with Gasteiger partial charge in [0.05, 0.1) is 11.4 Å². The van der Waals surface area contributed by atoms with Crippen LogP contribution in [-0.4, -0.2) is 62.2 Å². The Kier molecular flexibility index (Phi) is 6.80. The van der Waals surface area contributed by atoms with E-state index in [9.17, 15) is 22.4 Å². The van der Waals surface area contributed by atoms with Crippen molar-refractivity contribution in [2.45, 2.75) is 11.8 Å². The molecule has 2 N–H and O–H groups in total. The van der Waals surface area contributed by atoms with Gasteiger partial charge in [-0.1, -0.05) is 0 Å². The lowest BCUT2D eigenvalue weighted by atomic mass is 10.2. The molecule has 30 heavy (non-hydrogen) atoms. The van der Waals surface area contributed by atoms with Gasteiger partial charge in [-0.25, -0.2) is 12.8 Å². The first-order chi connectivity index (χ1) is 14.2. The van der Waals surface area contributed by atoms with Gasteiger partial charge in [0.25, 0.3) is 0 Å². The van der Waals surface area contributed by atoms with Crippen molar-refractivity contribution in [3.63, 3.8) is 0 Å². The maximum atomic E-state index is 13.0. The van der Waals surface area contributed by atoms with E-state index in [1.54, 1.807) is 24.3 Å². The number of nitrogens with zero attached hydrogens (tertiary/aromatic N) is 2. The van der Waals surface area contributed by atoms with Gasteiger partial charge in [0.2, 0.25) is 21.8 Å². The van der Waals surface area contributed by atoms with Gasteiger partial charge < -0.3 is 10.6 Å². The molecule has 0 spiro atoms. The van der Waals surface area contributed by atoms with Gasteiger partial charge in [-0.15, -0.1) is 0 Å². The van der Waals surface area contributed by atoms with Crippen LogP contribution < -0.4 is 10.6 Å². The average molecular weight is 434 g/mol. The Hall–Kier alpha value is -2.82. The molecule has 1 aliphatic heterocycles. The van der Waals surface area contributed by atoms with Crippen LogP contribution in [0.3, 0.4) is 0 Å². The number of piperazine rings is 1. The Morgan fingerprint density at radius 3 is 1.97 bits per heavy atom. The van der Waals surface area contributed by atoms with Crippen molar-refractivity contribution < 1.29 is 22.4 Å². The predicted molar refractivity (Wildman–Crippen MR) is 111 cm³/mol. The van der Waals surface area contributed by atoms with Gasteiger partial charge in [0, 0.05) is 44.5 Å². The lowest BCUT2D eigenvalue weighted by molar-refractivity contribution is -0.117. The second-order valence-corrected chi connectivity index (χ2v) is 8.88. The number of carbonyl (C=O) groups excluding carboxylic acids is 2. The first kappa shape index (κ1) is 21.9. The van der Waals surface area contributed by atoms with Crippen molar-refractivity contribution in [3.8, 4) is 0 Å². The summed E-state index contributed by atoms with van der Waals surface area (Å²) in [6, 6.07) is 11.5. The number of anilines is 2. The highest BCUT2D eigenvalue weighted by Crippen LogP contribution is 2.18. The number of hydrogen-bond acceptors (Lipinski definition) is 5. The highest BCUT2D eigenvalue weighted by atomic mass is 32.2. The standard InChI is InChI=1S/C20H23FN4O4S/c1-15(26)22-17-4-6-18(7-5-17)23-20(27)14-24-10-12-25(13-11-24)30(28,29)19-8-2-16(21)3-9-19/h2-9H,10-14H2,1H3,(H,22,26)(H,23,27). The van der Waals surface area contributed by atoms with Crippen LogP contribution in [0.2, 0.25) is 0 Å². The molecule has 1 heterocycles. The minimum Gasteiger partial charge on any atom is -0.326 e. The van der Waals surface area contributed by atoms with E-state index in [0.717, 1.165) is 12.1 Å². The monoisotopic (exact) mass is 434 g/mol. The van der Waals surface area contributed by atoms with E-state index < -0.39 is 15.8 Å². The Labute approximate surface area is 174 Å².